The maximum absolute atomic E-state index is 13.0. The van der Waals surface area contributed by atoms with Gasteiger partial charge in [0.05, 0.1) is 5.69 Å². The number of ether oxygens (including phenoxy) is 2. The normalized spacial score (nSPS) is 20.6. The van der Waals surface area contributed by atoms with Gasteiger partial charge in [-0.2, -0.15) is 0 Å². The second-order valence-corrected chi connectivity index (χ2v) is 10.5. The number of fused-ring (bicyclic) bond motifs is 2. The lowest BCUT2D eigenvalue weighted by molar-refractivity contribution is -0.125. The zero-order valence-corrected chi connectivity index (χ0v) is 21.4. The molecule has 1 aromatic carbocycles. The first kappa shape index (κ1) is 22.8. The highest BCUT2D eigenvalue weighted by Gasteiger charge is 2.29. The van der Waals surface area contributed by atoms with Crippen LogP contribution in [0.15, 0.2) is 28.9 Å². The number of aromatic nitrogens is 2. The van der Waals surface area contributed by atoms with E-state index in [1.165, 1.54) is 19.3 Å². The van der Waals surface area contributed by atoms with Crippen LogP contribution in [0.3, 0.4) is 0 Å². The average molecular weight is 540 g/mol. The lowest BCUT2D eigenvalue weighted by atomic mass is 9.91. The second kappa shape index (κ2) is 9.78. The molecule has 3 aliphatic heterocycles. The van der Waals surface area contributed by atoms with Crippen LogP contribution in [0, 0.1) is 0 Å². The Morgan fingerprint density at radius 2 is 1.80 bits per heavy atom. The Balaban J connectivity index is 1.08. The molecule has 0 radical (unpaired) electrons. The fourth-order valence-corrected chi connectivity index (χ4v) is 5.66. The van der Waals surface area contributed by atoms with Gasteiger partial charge < -0.3 is 19.3 Å². The molecule has 35 heavy (non-hydrogen) atoms. The number of amides is 1. The predicted octanol–water partition coefficient (Wildman–Crippen LogP) is 3.28. The van der Waals surface area contributed by atoms with Gasteiger partial charge in [-0.25, -0.2) is 9.97 Å². The summed E-state index contributed by atoms with van der Waals surface area (Å²) < 4.78 is 11.7. The fourth-order valence-electron chi connectivity index (χ4n) is 5.20. The lowest BCUT2D eigenvalue weighted by Crippen LogP contribution is -2.52. The molecule has 0 unspecified atom stereocenters. The Morgan fingerprint density at radius 3 is 2.57 bits per heavy atom. The minimum atomic E-state index is 0.00247. The molecule has 184 valence electrons. The van der Waals surface area contributed by atoms with Crippen molar-refractivity contribution in [2.24, 2.45) is 0 Å². The van der Waals surface area contributed by atoms with E-state index in [9.17, 15) is 4.79 Å². The minimum Gasteiger partial charge on any atom is -0.454 e. The van der Waals surface area contributed by atoms with Crippen LogP contribution in [-0.4, -0.2) is 77.8 Å². The van der Waals surface area contributed by atoms with E-state index in [4.69, 9.17) is 19.4 Å². The van der Waals surface area contributed by atoms with Crippen molar-refractivity contribution >= 4 is 33.9 Å². The van der Waals surface area contributed by atoms with E-state index in [1.54, 1.807) is 6.08 Å². The first-order chi connectivity index (χ1) is 17.1. The molecule has 1 aliphatic carbocycles. The predicted molar refractivity (Wildman–Crippen MR) is 137 cm³/mol. The zero-order valence-electron chi connectivity index (χ0n) is 19.8. The van der Waals surface area contributed by atoms with E-state index in [0.717, 1.165) is 72.3 Å². The van der Waals surface area contributed by atoms with Crippen LogP contribution < -0.4 is 14.4 Å². The number of piperazine rings is 1. The van der Waals surface area contributed by atoms with Gasteiger partial charge in [-0.05, 0) is 48.6 Å². The molecule has 1 amide bonds. The molecular formula is C26H30BrN5O3. The Kier molecular flexibility index (Phi) is 6.37. The van der Waals surface area contributed by atoms with Gasteiger partial charge >= 0.3 is 0 Å². The molecule has 0 atom stereocenters. The van der Waals surface area contributed by atoms with Crippen LogP contribution in [0.1, 0.15) is 36.1 Å². The highest BCUT2D eigenvalue weighted by Crippen LogP contribution is 2.37. The highest BCUT2D eigenvalue weighted by atomic mass is 79.9. The van der Waals surface area contributed by atoms with Gasteiger partial charge in [0, 0.05) is 68.5 Å². The number of rotatable bonds is 4. The van der Waals surface area contributed by atoms with Gasteiger partial charge in [0.2, 0.25) is 18.6 Å². The van der Waals surface area contributed by atoms with Crippen molar-refractivity contribution in [3.05, 3.63) is 45.7 Å². The van der Waals surface area contributed by atoms with E-state index in [0.29, 0.717) is 24.6 Å². The summed E-state index contributed by atoms with van der Waals surface area (Å²) in [6.45, 7) is 5.72. The van der Waals surface area contributed by atoms with Crippen molar-refractivity contribution in [3.8, 4) is 11.5 Å². The number of carbonyl (C=O) groups excluding carboxylic acids is 1. The van der Waals surface area contributed by atoms with Crippen LogP contribution in [0.4, 0.5) is 5.95 Å². The van der Waals surface area contributed by atoms with Crippen molar-refractivity contribution < 1.29 is 14.3 Å². The third-order valence-electron chi connectivity index (χ3n) is 7.61. The van der Waals surface area contributed by atoms with E-state index < -0.39 is 0 Å². The summed E-state index contributed by atoms with van der Waals surface area (Å²) in [5.41, 5.74) is 3.11. The molecule has 9 heteroatoms. The molecule has 4 heterocycles. The maximum atomic E-state index is 13.0. The first-order valence-electron chi connectivity index (χ1n) is 12.5. The van der Waals surface area contributed by atoms with E-state index in [-0.39, 0.29) is 12.7 Å². The largest absolute Gasteiger partial charge is 0.454 e. The van der Waals surface area contributed by atoms with Crippen LogP contribution in [0.2, 0.25) is 0 Å². The van der Waals surface area contributed by atoms with Crippen LogP contribution in [-0.2, 0) is 17.6 Å². The summed E-state index contributed by atoms with van der Waals surface area (Å²) >= 11 is 3.55. The van der Waals surface area contributed by atoms with Crippen molar-refractivity contribution in [2.75, 3.05) is 51.0 Å². The third-order valence-corrected chi connectivity index (χ3v) is 8.30. The lowest BCUT2D eigenvalue weighted by Gasteiger charge is -2.43. The highest BCUT2D eigenvalue weighted by molar-refractivity contribution is 9.10. The van der Waals surface area contributed by atoms with Crippen LogP contribution in [0.5, 0.6) is 11.5 Å². The molecule has 4 aliphatic rings. The van der Waals surface area contributed by atoms with Crippen LogP contribution >= 0.6 is 15.9 Å². The number of hydrogen-bond donors (Lipinski definition) is 0. The molecule has 1 saturated heterocycles. The molecule has 6 rings (SSSR count). The fraction of sp³-hybridized carbons (Fsp3) is 0.500. The number of nitrogens with zero attached hydrogens (tertiary/aromatic N) is 5. The Labute approximate surface area is 214 Å². The number of carbonyl (C=O) groups is 1. The number of halogens is 1. The average Bonchev–Trinajstić information content (AvgIpc) is 3.18. The monoisotopic (exact) mass is 539 g/mol. The van der Waals surface area contributed by atoms with Gasteiger partial charge in [0.25, 0.3) is 0 Å². The van der Waals surface area contributed by atoms with Crippen molar-refractivity contribution in [2.45, 2.75) is 38.1 Å². The molecule has 1 saturated carbocycles. The molecule has 1 aromatic heterocycles. The van der Waals surface area contributed by atoms with Gasteiger partial charge in [-0.1, -0.05) is 22.4 Å². The van der Waals surface area contributed by atoms with Crippen molar-refractivity contribution in [3.63, 3.8) is 0 Å². The maximum Gasteiger partial charge on any atom is 0.246 e. The minimum absolute atomic E-state index is 0.00247. The standard InChI is InChI=1S/C26H30BrN5O3/c27-21-15-24-23(34-17-35-24)14-18(21)4-5-25(33)31-8-6-19-16-28-26(29-22(19)7-9-31)32-12-10-30(11-13-32)20-2-1-3-20/h4-5,14-16,20H,1-3,6-13,17H2. The summed E-state index contributed by atoms with van der Waals surface area (Å²) in [5, 5.41) is 0. The topological polar surface area (TPSA) is 71.0 Å². The van der Waals surface area contributed by atoms with E-state index in [1.807, 2.05) is 29.3 Å². The summed E-state index contributed by atoms with van der Waals surface area (Å²) in [4.78, 5) is 29.4. The van der Waals surface area contributed by atoms with Crippen LogP contribution in [0.25, 0.3) is 6.08 Å². The Hall–Kier alpha value is -2.65. The molecule has 0 bridgehead atoms. The number of anilines is 1. The molecule has 0 N–H and O–H groups in total. The summed E-state index contributed by atoms with van der Waals surface area (Å²) in [6, 6.07) is 4.56. The molecular weight excluding hydrogens is 510 g/mol. The molecule has 2 fully saturated rings. The summed E-state index contributed by atoms with van der Waals surface area (Å²) in [5.74, 6) is 2.25. The molecule has 2 aromatic rings. The Bertz CT molecular complexity index is 1140. The molecule has 8 nitrogen and oxygen atoms in total. The number of hydrogen-bond acceptors (Lipinski definition) is 7. The van der Waals surface area contributed by atoms with E-state index >= 15 is 0 Å². The second-order valence-electron chi connectivity index (χ2n) is 9.64. The van der Waals surface area contributed by atoms with Gasteiger partial charge in [-0.3, -0.25) is 9.69 Å². The zero-order chi connectivity index (χ0) is 23.8. The third kappa shape index (κ3) is 4.76. The van der Waals surface area contributed by atoms with Crippen molar-refractivity contribution in [1.29, 1.82) is 0 Å². The summed E-state index contributed by atoms with van der Waals surface area (Å²) in [6.07, 6.45) is 11.1. The van der Waals surface area contributed by atoms with Gasteiger partial charge in [-0.15, -0.1) is 0 Å². The summed E-state index contributed by atoms with van der Waals surface area (Å²) in [7, 11) is 0. The quantitative estimate of drug-likeness (QED) is 0.552. The SMILES string of the molecule is O=C(C=Cc1cc2c(cc1Br)OCO2)N1CCc2cnc(N3CCN(C4CCC4)CC3)nc2CC1. The van der Waals surface area contributed by atoms with Crippen molar-refractivity contribution in [1.82, 2.24) is 19.8 Å². The van der Waals surface area contributed by atoms with Gasteiger partial charge in [0.1, 0.15) is 0 Å². The van der Waals surface area contributed by atoms with Gasteiger partial charge in [0.15, 0.2) is 11.5 Å². The smallest absolute Gasteiger partial charge is 0.246 e. The molecule has 0 spiro atoms. The first-order valence-corrected chi connectivity index (χ1v) is 13.3. The van der Waals surface area contributed by atoms with E-state index in [2.05, 4.69) is 25.7 Å². The number of benzene rings is 1. The Morgan fingerprint density at radius 1 is 1.03 bits per heavy atom.